The van der Waals surface area contributed by atoms with Crippen LogP contribution in [0, 0.1) is 17.0 Å². The molecule has 0 N–H and O–H groups in total. The third kappa shape index (κ3) is 3.73. The molecular weight excluding hydrogens is 320 g/mol. The van der Waals surface area contributed by atoms with Crippen molar-refractivity contribution >= 4 is 35.2 Å². The lowest BCUT2D eigenvalue weighted by atomic mass is 10.1. The molecule has 0 saturated carbocycles. The highest BCUT2D eigenvalue weighted by molar-refractivity contribution is 6.32. The summed E-state index contributed by atoms with van der Waals surface area (Å²) in [6, 6.07) is 9.48. The Balaban J connectivity index is 2.36. The molecule has 2 rings (SSSR count). The van der Waals surface area contributed by atoms with Gasteiger partial charge in [-0.3, -0.25) is 15.1 Å². The zero-order chi connectivity index (χ0) is 17.0. The average molecular weight is 333 g/mol. The fourth-order valence-corrected chi connectivity index (χ4v) is 2.17. The maximum atomic E-state index is 11.7. The number of aliphatic imine (C=N–C) groups is 1. The van der Waals surface area contributed by atoms with Gasteiger partial charge in [-0.15, -0.1) is 0 Å². The van der Waals surface area contributed by atoms with Gasteiger partial charge in [-0.25, -0.2) is 4.79 Å². The normalized spacial score (nSPS) is 10.7. The second-order valence-electron chi connectivity index (χ2n) is 4.67. The van der Waals surface area contributed by atoms with E-state index in [-0.39, 0.29) is 10.7 Å². The summed E-state index contributed by atoms with van der Waals surface area (Å²) in [7, 11) is 1.31. The van der Waals surface area contributed by atoms with E-state index < -0.39 is 10.9 Å². The predicted molar refractivity (Wildman–Crippen MR) is 87.9 cm³/mol. The first-order valence-corrected chi connectivity index (χ1v) is 6.97. The number of methoxy groups -OCH3 is 1. The predicted octanol–water partition coefficient (Wildman–Crippen LogP) is 4.09. The third-order valence-electron chi connectivity index (χ3n) is 3.23. The molecule has 0 amide bonds. The number of nitro groups is 1. The van der Waals surface area contributed by atoms with E-state index in [0.29, 0.717) is 22.4 Å². The molecule has 118 valence electrons. The van der Waals surface area contributed by atoms with Crippen molar-refractivity contribution in [2.75, 3.05) is 7.11 Å². The number of carbonyl (C=O) groups is 1. The van der Waals surface area contributed by atoms with E-state index in [1.54, 1.807) is 31.2 Å². The van der Waals surface area contributed by atoms with Crippen molar-refractivity contribution in [2.45, 2.75) is 6.92 Å². The molecule has 0 unspecified atom stereocenters. The van der Waals surface area contributed by atoms with Gasteiger partial charge in [0, 0.05) is 12.3 Å². The fourth-order valence-electron chi connectivity index (χ4n) is 1.99. The number of ether oxygens (including phenoxy) is 1. The molecule has 0 atom stereocenters. The van der Waals surface area contributed by atoms with Crippen LogP contribution in [0.2, 0.25) is 5.02 Å². The summed E-state index contributed by atoms with van der Waals surface area (Å²) in [4.78, 5) is 26.3. The van der Waals surface area contributed by atoms with Crippen LogP contribution < -0.4 is 0 Å². The lowest BCUT2D eigenvalue weighted by Gasteiger charge is -2.06. The van der Waals surface area contributed by atoms with Crippen LogP contribution in [0.5, 0.6) is 0 Å². The van der Waals surface area contributed by atoms with E-state index in [4.69, 9.17) is 16.3 Å². The molecule has 0 aliphatic heterocycles. The molecule has 2 aromatic carbocycles. The standard InChI is InChI=1S/C16H13ClN2O4/c1-10-12(16(20)23-2)4-3-5-14(10)18-9-11-6-7-13(17)15(8-11)19(21)22/h3-9H,1-2H3. The van der Waals surface area contributed by atoms with Crippen LogP contribution in [-0.2, 0) is 4.74 Å². The van der Waals surface area contributed by atoms with Crippen LogP contribution in [0.3, 0.4) is 0 Å². The molecular formula is C16H13ClN2O4. The Bertz CT molecular complexity index is 803. The lowest BCUT2D eigenvalue weighted by molar-refractivity contribution is -0.384. The third-order valence-corrected chi connectivity index (χ3v) is 3.55. The largest absolute Gasteiger partial charge is 0.465 e. The van der Waals surface area contributed by atoms with Crippen LogP contribution in [-0.4, -0.2) is 24.2 Å². The van der Waals surface area contributed by atoms with E-state index in [1.165, 1.54) is 25.5 Å². The molecule has 0 heterocycles. The van der Waals surface area contributed by atoms with E-state index in [2.05, 4.69) is 4.99 Å². The summed E-state index contributed by atoms with van der Waals surface area (Å²) < 4.78 is 4.71. The number of carbonyl (C=O) groups excluding carboxylic acids is 1. The van der Waals surface area contributed by atoms with Gasteiger partial charge in [-0.2, -0.15) is 0 Å². The van der Waals surface area contributed by atoms with Crippen LogP contribution in [0.25, 0.3) is 0 Å². The van der Waals surface area contributed by atoms with Crippen molar-refractivity contribution in [1.29, 1.82) is 0 Å². The first-order chi connectivity index (χ1) is 10.9. The smallest absolute Gasteiger partial charge is 0.338 e. The van der Waals surface area contributed by atoms with Gasteiger partial charge < -0.3 is 4.74 Å². The van der Waals surface area contributed by atoms with E-state index in [1.807, 2.05) is 0 Å². The summed E-state index contributed by atoms with van der Waals surface area (Å²) in [5.74, 6) is -0.443. The van der Waals surface area contributed by atoms with Gasteiger partial charge in [0.2, 0.25) is 0 Å². The highest BCUT2D eigenvalue weighted by Crippen LogP contribution is 2.26. The van der Waals surface area contributed by atoms with Gasteiger partial charge in [0.15, 0.2) is 0 Å². The zero-order valence-corrected chi connectivity index (χ0v) is 13.2. The van der Waals surface area contributed by atoms with Gasteiger partial charge in [-0.05, 0) is 36.2 Å². The minimum Gasteiger partial charge on any atom is -0.465 e. The van der Waals surface area contributed by atoms with Crippen LogP contribution >= 0.6 is 11.6 Å². The molecule has 0 fully saturated rings. The minimum atomic E-state index is -0.553. The van der Waals surface area contributed by atoms with Crippen LogP contribution in [0.4, 0.5) is 11.4 Å². The maximum absolute atomic E-state index is 11.7. The Labute approximate surface area is 137 Å². The monoisotopic (exact) mass is 332 g/mol. The molecule has 0 aliphatic carbocycles. The number of nitrogens with zero attached hydrogens (tertiary/aromatic N) is 2. The first-order valence-electron chi connectivity index (χ1n) is 6.60. The quantitative estimate of drug-likeness (QED) is 0.365. The summed E-state index contributed by atoms with van der Waals surface area (Å²) in [5.41, 5.74) is 2.01. The van der Waals surface area contributed by atoms with Crippen molar-refractivity contribution < 1.29 is 14.5 Å². The number of hydrogen-bond donors (Lipinski definition) is 0. The molecule has 6 nitrogen and oxygen atoms in total. The van der Waals surface area contributed by atoms with Gasteiger partial charge >= 0.3 is 5.97 Å². The van der Waals surface area contributed by atoms with E-state index in [0.717, 1.165) is 0 Å². The maximum Gasteiger partial charge on any atom is 0.338 e. The summed E-state index contributed by atoms with van der Waals surface area (Å²) in [6.45, 7) is 1.75. The molecule has 0 bridgehead atoms. The number of nitro benzene ring substituents is 1. The second kappa shape index (κ2) is 7.02. The first kappa shape index (κ1) is 16.6. The van der Waals surface area contributed by atoms with Crippen LogP contribution in [0.1, 0.15) is 21.5 Å². The second-order valence-corrected chi connectivity index (χ2v) is 5.07. The Hall–Kier alpha value is -2.73. The molecule has 2 aromatic rings. The molecule has 0 aromatic heterocycles. The molecule has 23 heavy (non-hydrogen) atoms. The Morgan fingerprint density at radius 1 is 1.35 bits per heavy atom. The highest BCUT2D eigenvalue weighted by atomic mass is 35.5. The topological polar surface area (TPSA) is 81.8 Å². The van der Waals surface area contributed by atoms with Crippen molar-refractivity contribution in [3.8, 4) is 0 Å². The fraction of sp³-hybridized carbons (Fsp3) is 0.125. The number of esters is 1. The van der Waals surface area contributed by atoms with Gasteiger partial charge in [-0.1, -0.05) is 23.7 Å². The van der Waals surface area contributed by atoms with Gasteiger partial charge in [0.05, 0.1) is 23.3 Å². The van der Waals surface area contributed by atoms with E-state index >= 15 is 0 Å². The lowest BCUT2D eigenvalue weighted by Crippen LogP contribution is -2.03. The Morgan fingerprint density at radius 2 is 2.09 bits per heavy atom. The highest BCUT2D eigenvalue weighted by Gasteiger charge is 2.13. The van der Waals surface area contributed by atoms with Crippen molar-refractivity contribution in [1.82, 2.24) is 0 Å². The van der Waals surface area contributed by atoms with Crippen molar-refractivity contribution in [3.63, 3.8) is 0 Å². The van der Waals surface area contributed by atoms with Crippen molar-refractivity contribution in [2.24, 2.45) is 4.99 Å². The number of hydrogen-bond acceptors (Lipinski definition) is 5. The molecule has 0 aliphatic rings. The van der Waals surface area contributed by atoms with E-state index in [9.17, 15) is 14.9 Å². The van der Waals surface area contributed by atoms with Crippen molar-refractivity contribution in [3.05, 3.63) is 68.2 Å². The Kier molecular flexibility index (Phi) is 5.08. The Morgan fingerprint density at radius 3 is 2.74 bits per heavy atom. The number of halogens is 1. The number of rotatable bonds is 4. The molecule has 0 radical (unpaired) electrons. The summed E-state index contributed by atoms with van der Waals surface area (Å²) in [6.07, 6.45) is 1.48. The summed E-state index contributed by atoms with van der Waals surface area (Å²) >= 11 is 5.77. The van der Waals surface area contributed by atoms with Gasteiger partial charge in [0.1, 0.15) is 5.02 Å². The minimum absolute atomic E-state index is 0.0658. The van der Waals surface area contributed by atoms with Gasteiger partial charge in [0.25, 0.3) is 5.69 Å². The zero-order valence-electron chi connectivity index (χ0n) is 12.4. The number of benzene rings is 2. The van der Waals surface area contributed by atoms with Crippen LogP contribution in [0.15, 0.2) is 41.4 Å². The molecule has 0 saturated heterocycles. The average Bonchev–Trinajstić information content (AvgIpc) is 2.54. The molecule has 0 spiro atoms. The summed E-state index contributed by atoms with van der Waals surface area (Å²) in [5, 5.41) is 10.9. The molecule has 7 heteroatoms. The SMILES string of the molecule is COC(=O)c1cccc(N=Cc2ccc(Cl)c([N+](=O)[O-])c2)c1C.